The zero-order valence-electron chi connectivity index (χ0n) is 22.0. The second-order valence-corrected chi connectivity index (χ2v) is 10.5. The Balaban J connectivity index is 1.49. The van der Waals surface area contributed by atoms with Crippen molar-refractivity contribution >= 4 is 17.2 Å². The summed E-state index contributed by atoms with van der Waals surface area (Å²) in [5.74, 6) is 0.385. The van der Waals surface area contributed by atoms with E-state index in [9.17, 15) is 14.3 Å². The second kappa shape index (κ2) is 9.94. The Labute approximate surface area is 217 Å². The Morgan fingerprint density at radius 1 is 1.24 bits per heavy atom. The van der Waals surface area contributed by atoms with E-state index in [2.05, 4.69) is 26.9 Å². The molecular weight excluding hydrogens is 469 g/mol. The van der Waals surface area contributed by atoms with Crippen molar-refractivity contribution in [3.8, 4) is 11.1 Å². The van der Waals surface area contributed by atoms with Gasteiger partial charge in [-0.3, -0.25) is 4.79 Å². The number of hydrogen-bond acceptors (Lipinski definition) is 5. The van der Waals surface area contributed by atoms with Crippen LogP contribution in [0.4, 0.5) is 10.2 Å². The van der Waals surface area contributed by atoms with Crippen LogP contribution in [-0.2, 0) is 10.4 Å². The van der Waals surface area contributed by atoms with Gasteiger partial charge in [0.2, 0.25) is 5.91 Å². The summed E-state index contributed by atoms with van der Waals surface area (Å²) in [5, 5.41) is 17.6. The monoisotopic (exact) mass is 503 g/mol. The van der Waals surface area contributed by atoms with Crippen molar-refractivity contribution in [2.45, 2.75) is 46.3 Å². The maximum absolute atomic E-state index is 13.1. The lowest BCUT2D eigenvalue weighted by molar-refractivity contribution is -0.131. The number of halogens is 1. The Bertz CT molecular complexity index is 1370. The van der Waals surface area contributed by atoms with Crippen molar-refractivity contribution in [2.75, 3.05) is 18.0 Å². The maximum atomic E-state index is 13.1. The SMILES string of the molecule is C=C/C(=C\C=C(/C)F)[C@H](C)NC(=O)C1(C)CN(c2ncnn3cc(-c4ccc(C(C)(C)O)cc4)cc23)C1. The van der Waals surface area contributed by atoms with E-state index < -0.39 is 11.0 Å². The first-order valence-corrected chi connectivity index (χ1v) is 12.3. The Morgan fingerprint density at radius 3 is 2.51 bits per heavy atom. The lowest BCUT2D eigenvalue weighted by Gasteiger charge is -2.47. The maximum Gasteiger partial charge on any atom is 0.230 e. The number of nitrogens with zero attached hydrogens (tertiary/aromatic N) is 4. The average molecular weight is 504 g/mol. The molecule has 1 aromatic carbocycles. The third-order valence-electron chi connectivity index (χ3n) is 6.83. The Morgan fingerprint density at radius 2 is 1.92 bits per heavy atom. The minimum Gasteiger partial charge on any atom is -0.386 e. The summed E-state index contributed by atoms with van der Waals surface area (Å²) in [7, 11) is 0. The van der Waals surface area contributed by atoms with Gasteiger partial charge < -0.3 is 15.3 Å². The molecule has 1 atom stereocenters. The number of rotatable bonds is 8. The number of anilines is 1. The normalized spacial score (nSPS) is 16.9. The highest BCUT2D eigenvalue weighted by molar-refractivity contribution is 5.87. The molecule has 1 saturated heterocycles. The Kier molecular flexibility index (Phi) is 7.06. The summed E-state index contributed by atoms with van der Waals surface area (Å²) < 4.78 is 14.9. The van der Waals surface area contributed by atoms with Gasteiger partial charge in [-0.25, -0.2) is 13.9 Å². The molecule has 1 amide bonds. The van der Waals surface area contributed by atoms with Crippen LogP contribution in [-0.4, -0.2) is 44.7 Å². The van der Waals surface area contributed by atoms with Crippen molar-refractivity contribution in [1.29, 1.82) is 0 Å². The molecule has 0 spiro atoms. The zero-order chi connectivity index (χ0) is 27.0. The summed E-state index contributed by atoms with van der Waals surface area (Å²) in [6.07, 6.45) is 8.08. The number of amides is 1. The van der Waals surface area contributed by atoms with Gasteiger partial charge in [0, 0.05) is 24.8 Å². The molecule has 3 heterocycles. The van der Waals surface area contributed by atoms with Crippen molar-refractivity contribution in [3.05, 3.63) is 84.6 Å². The molecule has 194 valence electrons. The Hall–Kier alpha value is -3.78. The minimum atomic E-state index is -0.898. The number of benzene rings is 1. The molecule has 8 heteroatoms. The molecule has 1 aliphatic rings. The third kappa shape index (κ3) is 5.49. The molecule has 37 heavy (non-hydrogen) atoms. The van der Waals surface area contributed by atoms with Gasteiger partial charge in [0.05, 0.1) is 22.9 Å². The first kappa shape index (κ1) is 26.3. The number of carbonyl (C=O) groups is 1. The molecule has 1 fully saturated rings. The molecule has 0 bridgehead atoms. The summed E-state index contributed by atoms with van der Waals surface area (Å²) in [6.45, 7) is 13.5. The number of allylic oxidation sites excluding steroid dienone is 3. The van der Waals surface area contributed by atoms with Gasteiger partial charge in [0.25, 0.3) is 0 Å². The van der Waals surface area contributed by atoms with Gasteiger partial charge in [0.1, 0.15) is 11.8 Å². The molecule has 2 aromatic heterocycles. The van der Waals surface area contributed by atoms with Crippen molar-refractivity contribution in [2.24, 2.45) is 5.41 Å². The van der Waals surface area contributed by atoms with E-state index in [0.717, 1.165) is 33.6 Å². The van der Waals surface area contributed by atoms with Crippen molar-refractivity contribution in [1.82, 2.24) is 19.9 Å². The molecule has 0 radical (unpaired) electrons. The predicted octanol–water partition coefficient (Wildman–Crippen LogP) is 4.94. The fraction of sp³-hybridized carbons (Fsp3) is 0.345. The highest BCUT2D eigenvalue weighted by Gasteiger charge is 2.46. The van der Waals surface area contributed by atoms with E-state index in [-0.39, 0.29) is 17.8 Å². The predicted molar refractivity (Wildman–Crippen MR) is 145 cm³/mol. The lowest BCUT2D eigenvalue weighted by Crippen LogP contribution is -2.63. The summed E-state index contributed by atoms with van der Waals surface area (Å²) in [6, 6.07) is 9.55. The topological polar surface area (TPSA) is 82.8 Å². The van der Waals surface area contributed by atoms with Crippen LogP contribution in [0.25, 0.3) is 16.6 Å². The average Bonchev–Trinajstić information content (AvgIpc) is 3.26. The lowest BCUT2D eigenvalue weighted by atomic mass is 9.80. The van der Waals surface area contributed by atoms with Crippen LogP contribution >= 0.6 is 0 Å². The van der Waals surface area contributed by atoms with Gasteiger partial charge >= 0.3 is 0 Å². The molecule has 2 N–H and O–H groups in total. The largest absolute Gasteiger partial charge is 0.386 e. The van der Waals surface area contributed by atoms with Crippen LogP contribution in [0.2, 0.25) is 0 Å². The molecule has 0 unspecified atom stereocenters. The fourth-order valence-electron chi connectivity index (χ4n) is 4.53. The highest BCUT2D eigenvalue weighted by Crippen LogP contribution is 2.37. The van der Waals surface area contributed by atoms with Gasteiger partial charge in [-0.15, -0.1) is 0 Å². The quantitative estimate of drug-likeness (QED) is 0.426. The fourth-order valence-corrected chi connectivity index (χ4v) is 4.53. The van der Waals surface area contributed by atoms with Gasteiger partial charge in [-0.05, 0) is 63.5 Å². The van der Waals surface area contributed by atoms with Crippen LogP contribution in [0.15, 0.2) is 79.1 Å². The van der Waals surface area contributed by atoms with E-state index in [4.69, 9.17) is 0 Å². The van der Waals surface area contributed by atoms with Crippen LogP contribution in [0.3, 0.4) is 0 Å². The van der Waals surface area contributed by atoms with Gasteiger partial charge in [-0.2, -0.15) is 5.10 Å². The van der Waals surface area contributed by atoms with Crippen LogP contribution < -0.4 is 10.2 Å². The first-order chi connectivity index (χ1) is 17.4. The summed E-state index contributed by atoms with van der Waals surface area (Å²) >= 11 is 0. The third-order valence-corrected chi connectivity index (χ3v) is 6.83. The summed E-state index contributed by atoms with van der Waals surface area (Å²) in [4.78, 5) is 19.7. The molecule has 1 aliphatic heterocycles. The van der Waals surface area contributed by atoms with E-state index in [1.54, 1.807) is 30.5 Å². The number of nitrogens with one attached hydrogen (secondary N) is 1. The second-order valence-electron chi connectivity index (χ2n) is 10.5. The number of aliphatic hydroxyl groups is 1. The molecule has 3 aromatic rings. The number of fused-ring (bicyclic) bond motifs is 1. The van der Waals surface area contributed by atoms with Gasteiger partial charge in [0.15, 0.2) is 5.82 Å². The van der Waals surface area contributed by atoms with Crippen LogP contribution in [0, 0.1) is 5.41 Å². The molecule has 7 nitrogen and oxygen atoms in total. The first-order valence-electron chi connectivity index (χ1n) is 12.3. The van der Waals surface area contributed by atoms with E-state index >= 15 is 0 Å². The van der Waals surface area contributed by atoms with Crippen LogP contribution in [0.5, 0.6) is 0 Å². The molecule has 0 saturated carbocycles. The van der Waals surface area contributed by atoms with Crippen LogP contribution in [0.1, 0.15) is 40.2 Å². The molecule has 0 aliphatic carbocycles. The smallest absolute Gasteiger partial charge is 0.230 e. The van der Waals surface area contributed by atoms with Gasteiger partial charge in [-0.1, -0.05) is 43.0 Å². The molecular formula is C29H34FN5O2. The van der Waals surface area contributed by atoms with E-state index in [1.807, 2.05) is 50.4 Å². The number of hydrogen-bond donors (Lipinski definition) is 2. The minimum absolute atomic E-state index is 0.0713. The zero-order valence-corrected chi connectivity index (χ0v) is 22.0. The van der Waals surface area contributed by atoms with Crippen molar-refractivity contribution < 1.29 is 14.3 Å². The standard InChI is InChI=1S/C29H34FN5O2/c1-7-21(9-8-19(2)30)20(3)33-27(36)29(6)16-34(17-29)26-25-14-23(15-35(25)32-18-31-26)22-10-12-24(13-11-22)28(4,5)37/h7-15,18,20,37H,1,16-17H2,2-6H3,(H,33,36)/b19-8+,21-9+/t20-/m0/s1. The number of aromatic nitrogens is 3. The highest BCUT2D eigenvalue weighted by atomic mass is 19.1. The molecule has 4 rings (SSSR count). The van der Waals surface area contributed by atoms with E-state index in [1.165, 1.54) is 19.3 Å². The number of carbonyl (C=O) groups excluding carboxylic acids is 1. The van der Waals surface area contributed by atoms with E-state index in [0.29, 0.717) is 13.1 Å². The summed E-state index contributed by atoms with van der Waals surface area (Å²) in [5.41, 5.74) is 2.94. The van der Waals surface area contributed by atoms with Crippen molar-refractivity contribution in [3.63, 3.8) is 0 Å².